The van der Waals surface area contributed by atoms with Crippen LogP contribution in [0.15, 0.2) is 12.2 Å². The predicted molar refractivity (Wildman–Crippen MR) is 42.1 cm³/mol. The Labute approximate surface area is 50.5 Å². The fourth-order valence-corrected chi connectivity index (χ4v) is 2.91. The number of rotatable bonds is 0. The first kappa shape index (κ1) is 5.65. The van der Waals surface area contributed by atoms with Crippen molar-refractivity contribution in [2.24, 2.45) is 0 Å². The van der Waals surface area contributed by atoms with Gasteiger partial charge in [0.25, 0.3) is 0 Å². The molecule has 1 heterocycles. The van der Waals surface area contributed by atoms with Crippen LogP contribution in [0.5, 0.6) is 0 Å². The Kier molecular flexibility index (Phi) is 1.45. The first-order valence-electron chi connectivity index (χ1n) is 2.58. The van der Waals surface area contributed by atoms with Gasteiger partial charge < -0.3 is 0 Å². The molecule has 42 valence electrons. The van der Waals surface area contributed by atoms with E-state index in [4.69, 9.17) is 0 Å². The van der Waals surface area contributed by atoms with Gasteiger partial charge in [0.2, 0.25) is 0 Å². The summed E-state index contributed by atoms with van der Waals surface area (Å²) in [6, 6.07) is 0. The standard InChI is InChI=1S/C5H11PS/c1-6(7)4-2-3-5-6/h2-3,6-7H,4-5H2,1H3. The van der Waals surface area contributed by atoms with Gasteiger partial charge in [0.15, 0.2) is 0 Å². The molecule has 0 atom stereocenters. The van der Waals surface area contributed by atoms with E-state index in [0.717, 1.165) is 0 Å². The Hall–Kier alpha value is 0.520. The maximum atomic E-state index is 4.53. The quantitative estimate of drug-likeness (QED) is 0.291. The first-order valence-corrected chi connectivity index (χ1v) is 6.78. The Balaban J connectivity index is 2.49. The summed E-state index contributed by atoms with van der Waals surface area (Å²) in [5.74, 6) is 0. The molecule has 0 saturated heterocycles. The van der Waals surface area contributed by atoms with Crippen molar-refractivity contribution in [1.82, 2.24) is 0 Å². The molecule has 1 rings (SSSR count). The van der Waals surface area contributed by atoms with Gasteiger partial charge in [0, 0.05) is 0 Å². The third kappa shape index (κ3) is 1.47. The number of thiol groups is 1. The van der Waals surface area contributed by atoms with E-state index in [9.17, 15) is 0 Å². The van der Waals surface area contributed by atoms with Gasteiger partial charge in [-0.2, -0.15) is 0 Å². The third-order valence-electron chi connectivity index (χ3n) is 1.28. The average molecular weight is 134 g/mol. The second-order valence-corrected chi connectivity index (χ2v) is 9.43. The maximum absolute atomic E-state index is 4.53. The zero-order chi connectivity index (χ0) is 5.33. The fourth-order valence-electron chi connectivity index (χ4n) is 0.758. The molecule has 1 aliphatic rings. The van der Waals surface area contributed by atoms with Gasteiger partial charge in [0.05, 0.1) is 0 Å². The Bertz CT molecular complexity index is 86.3. The van der Waals surface area contributed by atoms with E-state index in [-0.39, 0.29) is 0 Å². The van der Waals surface area contributed by atoms with Crippen molar-refractivity contribution in [2.75, 3.05) is 19.0 Å². The van der Waals surface area contributed by atoms with Gasteiger partial charge in [-0.3, -0.25) is 0 Å². The molecule has 0 unspecified atom stereocenters. The first-order chi connectivity index (χ1) is 3.21. The molecule has 1 aliphatic heterocycles. The molecule has 0 saturated carbocycles. The summed E-state index contributed by atoms with van der Waals surface area (Å²) in [7, 11) is 0. The zero-order valence-electron chi connectivity index (χ0n) is 4.52. The van der Waals surface area contributed by atoms with Crippen LogP contribution in [0.3, 0.4) is 0 Å². The van der Waals surface area contributed by atoms with Gasteiger partial charge in [-0.05, 0) is 0 Å². The Morgan fingerprint density at radius 1 is 1.43 bits per heavy atom. The van der Waals surface area contributed by atoms with Crippen LogP contribution < -0.4 is 0 Å². The molecule has 0 fully saturated rings. The van der Waals surface area contributed by atoms with Crippen molar-refractivity contribution in [3.8, 4) is 0 Å². The number of hydrogen-bond acceptors (Lipinski definition) is 1. The van der Waals surface area contributed by atoms with Crippen molar-refractivity contribution >= 4 is 18.7 Å². The molecule has 0 aromatic rings. The topological polar surface area (TPSA) is 0 Å². The van der Waals surface area contributed by atoms with E-state index in [1.54, 1.807) is 0 Å². The summed E-state index contributed by atoms with van der Waals surface area (Å²) in [6.45, 7) is 1.34. The van der Waals surface area contributed by atoms with Gasteiger partial charge in [-0.15, -0.1) is 0 Å². The Morgan fingerprint density at radius 3 is 2.00 bits per heavy atom. The van der Waals surface area contributed by atoms with E-state index >= 15 is 0 Å². The number of hydrogen-bond donors (Lipinski definition) is 1. The predicted octanol–water partition coefficient (Wildman–Crippen LogP) is 1.78. The van der Waals surface area contributed by atoms with Crippen molar-refractivity contribution in [3.05, 3.63) is 12.2 Å². The second kappa shape index (κ2) is 1.80. The minimum atomic E-state index is -0.957. The molecule has 0 radical (unpaired) electrons. The minimum absolute atomic E-state index is 0.957. The summed E-state index contributed by atoms with van der Waals surface area (Å²) in [5.41, 5.74) is 0. The van der Waals surface area contributed by atoms with Crippen molar-refractivity contribution in [3.63, 3.8) is 0 Å². The summed E-state index contributed by atoms with van der Waals surface area (Å²) in [6.07, 6.45) is 7.05. The molecule has 0 bridgehead atoms. The molecule has 0 N–H and O–H groups in total. The van der Waals surface area contributed by atoms with Crippen LogP contribution >= 0.6 is 18.7 Å². The van der Waals surface area contributed by atoms with Gasteiger partial charge in [-0.1, -0.05) is 0 Å². The molecule has 0 aromatic heterocycles. The molecule has 0 aromatic carbocycles. The van der Waals surface area contributed by atoms with Gasteiger partial charge in [-0.25, -0.2) is 0 Å². The van der Waals surface area contributed by atoms with Crippen molar-refractivity contribution in [2.45, 2.75) is 0 Å². The monoisotopic (exact) mass is 134 g/mol. The summed E-state index contributed by atoms with van der Waals surface area (Å²) >= 11 is 4.53. The molecule has 0 spiro atoms. The van der Waals surface area contributed by atoms with E-state index in [0.29, 0.717) is 0 Å². The third-order valence-corrected chi connectivity index (χ3v) is 4.61. The molecule has 0 amide bonds. The van der Waals surface area contributed by atoms with Crippen LogP contribution in [-0.4, -0.2) is 19.0 Å². The van der Waals surface area contributed by atoms with Gasteiger partial charge in [0.1, 0.15) is 0 Å². The van der Waals surface area contributed by atoms with Crippen LogP contribution in [0.25, 0.3) is 0 Å². The SMILES string of the molecule is C[PH]1(S)CC=CC1. The van der Waals surface area contributed by atoms with E-state index in [1.807, 2.05) is 0 Å². The molecule has 2 heteroatoms. The van der Waals surface area contributed by atoms with E-state index < -0.39 is 6.46 Å². The van der Waals surface area contributed by atoms with Crippen LogP contribution in [0, 0.1) is 0 Å². The molecule has 0 nitrogen and oxygen atoms in total. The van der Waals surface area contributed by atoms with E-state index in [1.165, 1.54) is 12.3 Å². The van der Waals surface area contributed by atoms with E-state index in [2.05, 4.69) is 31.1 Å². The summed E-state index contributed by atoms with van der Waals surface area (Å²) in [5, 5.41) is 0. The normalized spacial score (nSPS) is 30.6. The Morgan fingerprint density at radius 2 is 1.86 bits per heavy atom. The molecule has 7 heavy (non-hydrogen) atoms. The zero-order valence-corrected chi connectivity index (χ0v) is 6.41. The van der Waals surface area contributed by atoms with Crippen LogP contribution in [0.1, 0.15) is 0 Å². The summed E-state index contributed by atoms with van der Waals surface area (Å²) in [4.78, 5) is 0. The number of allylic oxidation sites excluding steroid dienone is 2. The van der Waals surface area contributed by atoms with Crippen molar-refractivity contribution in [1.29, 1.82) is 0 Å². The van der Waals surface area contributed by atoms with Gasteiger partial charge >= 0.3 is 49.9 Å². The molecular weight excluding hydrogens is 123 g/mol. The average Bonchev–Trinajstić information content (AvgIpc) is 1.84. The fraction of sp³-hybridized carbons (Fsp3) is 0.600. The second-order valence-electron chi connectivity index (χ2n) is 2.38. The van der Waals surface area contributed by atoms with Crippen LogP contribution in [0.2, 0.25) is 0 Å². The molecular formula is C5H11PS. The molecule has 0 aliphatic carbocycles. The van der Waals surface area contributed by atoms with Crippen LogP contribution in [-0.2, 0) is 0 Å². The summed E-state index contributed by atoms with van der Waals surface area (Å²) < 4.78 is 0. The van der Waals surface area contributed by atoms with Crippen molar-refractivity contribution < 1.29 is 0 Å². The van der Waals surface area contributed by atoms with Crippen LogP contribution in [0.4, 0.5) is 0 Å².